The van der Waals surface area contributed by atoms with Crippen molar-refractivity contribution in [3.63, 3.8) is 0 Å². The zero-order valence-electron chi connectivity index (χ0n) is 57.1. The van der Waals surface area contributed by atoms with E-state index in [0.717, 1.165) is 24.8 Å². The molecule has 32 unspecified atom stereocenters. The van der Waals surface area contributed by atoms with Crippen molar-refractivity contribution in [3.8, 4) is 0 Å². The number of benzene rings is 1. The maximum atomic E-state index is 15.4. The number of carbonyl (C=O) groups is 2. The zero-order chi connectivity index (χ0) is 71.1. The van der Waals surface area contributed by atoms with Gasteiger partial charge in [0.15, 0.2) is 31.3 Å². The predicted molar refractivity (Wildman–Crippen MR) is 339 cm³/mol. The molecule has 11 rings (SSSR count). The highest BCUT2D eigenvalue weighted by Gasteiger charge is 2.72. The molecule has 1 amide bonds. The molecule has 5 aliphatic heterocycles. The number of aliphatic hydroxyl groups is 14. The first-order valence-corrected chi connectivity index (χ1v) is 34.7. The van der Waals surface area contributed by atoms with Crippen LogP contribution in [0.1, 0.15) is 134 Å². The van der Waals surface area contributed by atoms with Gasteiger partial charge in [-0.2, -0.15) is 0 Å². The van der Waals surface area contributed by atoms with Crippen LogP contribution in [0.4, 0.5) is 10.5 Å². The van der Waals surface area contributed by atoms with Gasteiger partial charge in [-0.1, -0.05) is 77.8 Å². The summed E-state index contributed by atoms with van der Waals surface area (Å²) in [6.45, 7) is 20.8. The number of hydrogen-bond donors (Lipinski definition) is 15. The zero-order valence-corrected chi connectivity index (χ0v) is 57.8. The molecule has 1 aromatic rings. The molecule has 1 aromatic carbocycles. The summed E-state index contributed by atoms with van der Waals surface area (Å²) >= 11 is 5.74. The average Bonchev–Trinajstić information content (AvgIpc) is 0.672. The van der Waals surface area contributed by atoms with Crippen LogP contribution in [-0.4, -0.2) is 263 Å². The van der Waals surface area contributed by atoms with Crippen LogP contribution in [0, 0.1) is 50.2 Å². The Balaban J connectivity index is 0.000000650. The number of hydrogen-bond acceptors (Lipinski definition) is 27. The van der Waals surface area contributed by atoms with Gasteiger partial charge in [0, 0.05) is 10.7 Å². The second-order valence-electron chi connectivity index (χ2n) is 31.3. The molecule has 28 nitrogen and oxygen atoms in total. The Bertz CT molecular complexity index is 2910. The second-order valence-corrected chi connectivity index (χ2v) is 31.8. The summed E-state index contributed by atoms with van der Waals surface area (Å²) in [6, 6.07) is 6.89. The first-order valence-electron chi connectivity index (χ1n) is 34.3. The lowest BCUT2D eigenvalue weighted by molar-refractivity contribution is -0.374. The van der Waals surface area contributed by atoms with Crippen LogP contribution in [0.3, 0.4) is 0 Å². The minimum Gasteiger partial charge on any atom is -0.447 e. The SMILES string of the molecule is CC(C)OC(=O)Nc1cccc(Cl)c1.CC1OC(OC2CCC3(C)C(CCC4(C)C3CC=C3C5CC(C)(C)CCC5(C(=O)OC5OCC(O)C(O)C5OC5OC(C)C(OC6OC(CO)C(O)C(O)C6O)C(O)C5O)C(O)CC34C)C2(C)C)C(O)C(O)C1OC1OCC(O)C(O)C1O. The molecular weight excluding hydrogens is 1300 g/mol. The van der Waals surface area contributed by atoms with Crippen LogP contribution in [0.15, 0.2) is 35.9 Å². The number of ether oxygens (including phenoxy) is 11. The van der Waals surface area contributed by atoms with Crippen molar-refractivity contribution >= 4 is 29.4 Å². The van der Waals surface area contributed by atoms with Crippen molar-refractivity contribution in [2.45, 2.75) is 294 Å². The van der Waals surface area contributed by atoms with E-state index in [4.69, 9.17) is 63.7 Å². The molecule has 15 N–H and O–H groups in total. The van der Waals surface area contributed by atoms with Gasteiger partial charge in [0.1, 0.15) is 97.0 Å². The number of aliphatic hydroxyl groups excluding tert-OH is 14. The Labute approximate surface area is 570 Å². The first kappa shape index (κ1) is 76.7. The molecule has 97 heavy (non-hydrogen) atoms. The highest BCUT2D eigenvalue weighted by atomic mass is 35.5. The van der Waals surface area contributed by atoms with E-state index in [2.05, 4.69) is 59.9 Å². The highest BCUT2D eigenvalue weighted by Crippen LogP contribution is 2.76. The summed E-state index contributed by atoms with van der Waals surface area (Å²) in [5, 5.41) is 156. The monoisotopic (exact) mass is 1400 g/mol. The lowest BCUT2D eigenvalue weighted by Gasteiger charge is -2.71. The number of nitrogens with one attached hydrogen (secondary N) is 1. The Kier molecular flexibility index (Phi) is 23.2. The number of fused-ring (bicyclic) bond motifs is 7. The lowest BCUT2D eigenvalue weighted by atomic mass is 9.33. The van der Waals surface area contributed by atoms with Gasteiger partial charge in [0.25, 0.3) is 0 Å². The van der Waals surface area contributed by atoms with Crippen molar-refractivity contribution in [1.29, 1.82) is 0 Å². The quantitative estimate of drug-likeness (QED) is 0.0754. The maximum absolute atomic E-state index is 15.4. The van der Waals surface area contributed by atoms with Crippen LogP contribution in [0.2, 0.25) is 5.02 Å². The molecule has 9 fully saturated rings. The first-order chi connectivity index (χ1) is 45.3. The lowest BCUT2D eigenvalue weighted by Crippen LogP contribution is -2.68. The van der Waals surface area contributed by atoms with E-state index in [1.165, 1.54) is 6.92 Å². The summed E-state index contributed by atoms with van der Waals surface area (Å²) < 4.78 is 64.5. The second kappa shape index (κ2) is 29.3. The summed E-state index contributed by atoms with van der Waals surface area (Å²) in [7, 11) is 0. The van der Waals surface area contributed by atoms with Gasteiger partial charge in [0.2, 0.25) is 6.29 Å². The van der Waals surface area contributed by atoms with E-state index in [1.807, 2.05) is 0 Å². The number of rotatable bonds is 13. The van der Waals surface area contributed by atoms with Crippen LogP contribution >= 0.6 is 11.6 Å². The molecule has 29 heteroatoms. The summed E-state index contributed by atoms with van der Waals surface area (Å²) in [4.78, 5) is 26.6. The van der Waals surface area contributed by atoms with E-state index >= 15 is 4.79 Å². The van der Waals surface area contributed by atoms with E-state index in [0.29, 0.717) is 36.4 Å². The standard InChI is InChI=1S/C58H94O25.C10H12ClNO2/c1-23-44(80-47-40(69)34(63)27(60)21-74-47)38(67)42(71)48(76-23)79-33-13-14-55(7)30(54(33,5)6)12-15-56(8)31(55)11-10-25-26-18-53(3,4)16-17-58(26,32(62)19-57(25,56)9)52(73)83-51-46(35(64)28(61)22-75-51)82-49-43(72)39(68)45(24(2)77-49)81-50-41(70)37(66)36(65)29(20-59)78-50;1-7(2)14-10(13)12-9-5-3-4-8(11)6-9/h10,23-24,26-51,59-72H,11-22H2,1-9H3;3-7H,1-2H3,(H,12,13). The Morgan fingerprint density at radius 1 is 0.619 bits per heavy atom. The fourth-order valence-corrected chi connectivity index (χ4v) is 18.6. The number of halogens is 1. The fourth-order valence-electron chi connectivity index (χ4n) is 18.4. The third kappa shape index (κ3) is 14.3. The largest absolute Gasteiger partial charge is 0.447 e. The summed E-state index contributed by atoms with van der Waals surface area (Å²) in [5.41, 5.74) is -1.65. The number of allylic oxidation sites excluding steroid dienone is 2. The topological polar surface area (TPSA) is 431 Å². The Morgan fingerprint density at radius 2 is 1.19 bits per heavy atom. The van der Waals surface area contributed by atoms with Crippen molar-refractivity contribution in [1.82, 2.24) is 0 Å². The maximum Gasteiger partial charge on any atom is 0.411 e. The van der Waals surface area contributed by atoms with E-state index in [1.54, 1.807) is 45.0 Å². The molecular formula is C68H106ClNO27. The molecule has 0 radical (unpaired) electrons. The molecule has 5 heterocycles. The molecule has 5 saturated heterocycles. The molecule has 0 bridgehead atoms. The van der Waals surface area contributed by atoms with E-state index < -0.39 is 201 Å². The van der Waals surface area contributed by atoms with Crippen LogP contribution in [0.5, 0.6) is 0 Å². The minimum atomic E-state index is -1.93. The highest BCUT2D eigenvalue weighted by molar-refractivity contribution is 6.30. The molecule has 4 saturated carbocycles. The number of anilines is 1. The molecule has 10 aliphatic rings. The molecule has 552 valence electrons. The smallest absolute Gasteiger partial charge is 0.411 e. The normalized spacial score (nSPS) is 48.6. The van der Waals surface area contributed by atoms with Gasteiger partial charge >= 0.3 is 12.1 Å². The van der Waals surface area contributed by atoms with Crippen LogP contribution < -0.4 is 5.32 Å². The number of amides is 1. The minimum absolute atomic E-state index is 0.129. The fraction of sp³-hybridized carbons (Fsp3) is 0.853. The van der Waals surface area contributed by atoms with E-state index in [9.17, 15) is 76.3 Å². The van der Waals surface area contributed by atoms with Crippen molar-refractivity contribution < 1.29 is 133 Å². The van der Waals surface area contributed by atoms with Crippen LogP contribution in [0.25, 0.3) is 0 Å². The van der Waals surface area contributed by atoms with Gasteiger partial charge in [-0.3, -0.25) is 10.1 Å². The third-order valence-electron chi connectivity index (χ3n) is 24.1. The molecule has 32 atom stereocenters. The van der Waals surface area contributed by atoms with Gasteiger partial charge in [-0.15, -0.1) is 0 Å². The van der Waals surface area contributed by atoms with Crippen molar-refractivity contribution in [2.75, 3.05) is 25.1 Å². The van der Waals surface area contributed by atoms with E-state index in [-0.39, 0.29) is 53.6 Å². The predicted octanol–water partition coefficient (Wildman–Crippen LogP) is 1.39. The summed E-state index contributed by atoms with van der Waals surface area (Å²) in [6.07, 6.45) is -29.8. The summed E-state index contributed by atoms with van der Waals surface area (Å²) in [5.74, 6) is -1.00. The molecule has 0 spiro atoms. The van der Waals surface area contributed by atoms with Crippen molar-refractivity contribution in [2.24, 2.45) is 50.2 Å². The Morgan fingerprint density at radius 3 is 1.80 bits per heavy atom. The van der Waals surface area contributed by atoms with Gasteiger partial charge < -0.3 is 124 Å². The third-order valence-corrected chi connectivity index (χ3v) is 24.3. The molecule has 0 aromatic heterocycles. The average molecular weight is 1410 g/mol. The van der Waals surface area contributed by atoms with Gasteiger partial charge in [-0.05, 0) is 149 Å². The van der Waals surface area contributed by atoms with Crippen LogP contribution in [-0.2, 0) is 56.9 Å². The van der Waals surface area contributed by atoms with Gasteiger partial charge in [-0.25, -0.2) is 4.79 Å². The van der Waals surface area contributed by atoms with Crippen molar-refractivity contribution in [3.05, 3.63) is 40.9 Å². The number of esters is 1. The number of carbonyl (C=O) groups excluding carboxylic acids is 2. The van der Waals surface area contributed by atoms with Gasteiger partial charge in [0.05, 0.1) is 50.3 Å². The molecule has 5 aliphatic carbocycles. The Hall–Kier alpha value is -2.93.